The molecule has 5 heteroatoms. The summed E-state index contributed by atoms with van der Waals surface area (Å²) in [6, 6.07) is 3.41. The highest BCUT2D eigenvalue weighted by Crippen LogP contribution is 2.33. The van der Waals surface area contributed by atoms with Gasteiger partial charge in [-0.15, -0.1) is 0 Å². The topological polar surface area (TPSA) is 67.4 Å². The minimum atomic E-state index is -0.236. The lowest BCUT2D eigenvalue weighted by atomic mass is 10.0. The second kappa shape index (κ2) is 5.94. The van der Waals surface area contributed by atoms with Crippen molar-refractivity contribution in [3.05, 3.63) is 28.8 Å². The molecule has 0 fully saturated rings. The molecule has 1 heterocycles. The van der Waals surface area contributed by atoms with E-state index < -0.39 is 0 Å². The first-order chi connectivity index (χ1) is 9.56. The van der Waals surface area contributed by atoms with E-state index in [1.165, 1.54) is 0 Å². The molecule has 2 amide bonds. The predicted molar refractivity (Wildman–Crippen MR) is 76.3 cm³/mol. The number of ether oxygens (including phenoxy) is 1. The highest BCUT2D eigenvalue weighted by molar-refractivity contribution is 6.02. The van der Waals surface area contributed by atoms with E-state index in [1.807, 2.05) is 19.9 Å². The van der Waals surface area contributed by atoms with Crippen molar-refractivity contribution in [3.63, 3.8) is 0 Å². The van der Waals surface area contributed by atoms with Crippen LogP contribution in [0.5, 0.6) is 5.75 Å². The molecule has 0 aliphatic carbocycles. The van der Waals surface area contributed by atoms with E-state index in [0.717, 1.165) is 12.0 Å². The number of amides is 2. The molecular weight excluding hydrogens is 256 g/mol. The summed E-state index contributed by atoms with van der Waals surface area (Å²) in [4.78, 5) is 24.0. The van der Waals surface area contributed by atoms with E-state index in [-0.39, 0.29) is 17.9 Å². The molecule has 0 radical (unpaired) electrons. The average molecular weight is 276 g/mol. The van der Waals surface area contributed by atoms with Crippen LogP contribution < -0.4 is 15.4 Å². The summed E-state index contributed by atoms with van der Waals surface area (Å²) in [5.74, 6) is 0.212. The van der Waals surface area contributed by atoms with E-state index in [0.29, 0.717) is 29.8 Å². The van der Waals surface area contributed by atoms with Crippen molar-refractivity contribution < 1.29 is 14.3 Å². The van der Waals surface area contributed by atoms with Crippen LogP contribution >= 0.6 is 0 Å². The molecule has 0 bridgehead atoms. The van der Waals surface area contributed by atoms with Crippen molar-refractivity contribution in [3.8, 4) is 5.75 Å². The first-order valence-electron chi connectivity index (χ1n) is 6.90. The third-order valence-electron chi connectivity index (χ3n) is 3.26. The molecule has 2 rings (SSSR count). The Morgan fingerprint density at radius 3 is 2.75 bits per heavy atom. The van der Waals surface area contributed by atoms with Crippen LogP contribution in [0.1, 0.15) is 46.5 Å². The lowest BCUT2D eigenvalue weighted by Gasteiger charge is -2.11. The Morgan fingerprint density at radius 1 is 1.35 bits per heavy atom. The summed E-state index contributed by atoms with van der Waals surface area (Å²) in [7, 11) is 1.57. The summed E-state index contributed by atoms with van der Waals surface area (Å²) in [5, 5.41) is 5.41. The van der Waals surface area contributed by atoms with Crippen molar-refractivity contribution in [2.75, 3.05) is 13.6 Å². The van der Waals surface area contributed by atoms with Crippen molar-refractivity contribution in [1.82, 2.24) is 10.6 Å². The van der Waals surface area contributed by atoms with Gasteiger partial charge in [-0.1, -0.05) is 6.92 Å². The molecule has 5 nitrogen and oxygen atoms in total. The van der Waals surface area contributed by atoms with Crippen molar-refractivity contribution in [2.24, 2.45) is 0 Å². The summed E-state index contributed by atoms with van der Waals surface area (Å²) in [6.07, 6.45) is 1.62. The number of fused-ring (bicyclic) bond motifs is 1. The molecule has 2 N–H and O–H groups in total. The molecule has 0 spiro atoms. The van der Waals surface area contributed by atoms with Gasteiger partial charge in [0.1, 0.15) is 11.9 Å². The largest absolute Gasteiger partial charge is 0.489 e. The molecule has 1 aliphatic rings. The highest BCUT2D eigenvalue weighted by Gasteiger charge is 2.27. The van der Waals surface area contributed by atoms with Crippen LogP contribution in [-0.4, -0.2) is 31.5 Å². The van der Waals surface area contributed by atoms with E-state index in [4.69, 9.17) is 4.74 Å². The first kappa shape index (κ1) is 14.4. The minimum absolute atomic E-state index is 0.0300. The molecule has 1 atom stereocenters. The SMILES string of the molecule is CCCNC(=O)c1cc2c(c(C(=O)NC)c1)OC(C)C2. The second-order valence-corrected chi connectivity index (χ2v) is 4.98. The quantitative estimate of drug-likeness (QED) is 0.876. The third-order valence-corrected chi connectivity index (χ3v) is 3.26. The second-order valence-electron chi connectivity index (χ2n) is 4.98. The predicted octanol–water partition coefficient (Wildman–Crippen LogP) is 1.51. The van der Waals surface area contributed by atoms with Gasteiger partial charge in [-0.25, -0.2) is 0 Å². The Morgan fingerprint density at radius 2 is 2.10 bits per heavy atom. The summed E-state index contributed by atoms with van der Waals surface area (Å²) in [6.45, 7) is 4.57. The molecule has 1 aromatic rings. The maximum Gasteiger partial charge on any atom is 0.254 e. The lowest BCUT2D eigenvalue weighted by Crippen LogP contribution is -2.25. The number of nitrogens with one attached hydrogen (secondary N) is 2. The van der Waals surface area contributed by atoms with Crippen molar-refractivity contribution >= 4 is 11.8 Å². The summed E-state index contributed by atoms with van der Waals surface area (Å²) >= 11 is 0. The number of carbonyl (C=O) groups is 2. The zero-order valence-corrected chi connectivity index (χ0v) is 12.1. The van der Waals surface area contributed by atoms with Crippen molar-refractivity contribution in [1.29, 1.82) is 0 Å². The molecule has 108 valence electrons. The Bertz CT molecular complexity index is 540. The van der Waals surface area contributed by atoms with Crippen LogP contribution in [0.25, 0.3) is 0 Å². The summed E-state index contributed by atoms with van der Waals surface area (Å²) in [5.41, 5.74) is 1.85. The van der Waals surface area contributed by atoms with Crippen LogP contribution in [0.2, 0.25) is 0 Å². The number of benzene rings is 1. The van der Waals surface area contributed by atoms with Crippen LogP contribution in [-0.2, 0) is 6.42 Å². The van der Waals surface area contributed by atoms with Crippen LogP contribution in [0.15, 0.2) is 12.1 Å². The fraction of sp³-hybridized carbons (Fsp3) is 0.467. The number of rotatable bonds is 4. The zero-order chi connectivity index (χ0) is 14.7. The molecule has 1 aliphatic heterocycles. The molecule has 20 heavy (non-hydrogen) atoms. The Balaban J connectivity index is 2.39. The maximum absolute atomic E-state index is 12.1. The van der Waals surface area contributed by atoms with Gasteiger partial charge in [-0.2, -0.15) is 0 Å². The molecule has 0 aromatic heterocycles. The monoisotopic (exact) mass is 276 g/mol. The Labute approximate surface area is 118 Å². The average Bonchev–Trinajstić information content (AvgIpc) is 2.82. The van der Waals surface area contributed by atoms with Gasteiger partial charge in [0.2, 0.25) is 0 Å². The van der Waals surface area contributed by atoms with E-state index in [1.54, 1.807) is 13.1 Å². The van der Waals surface area contributed by atoms with Crippen LogP contribution in [0.4, 0.5) is 0 Å². The fourth-order valence-electron chi connectivity index (χ4n) is 2.31. The van der Waals surface area contributed by atoms with Gasteiger partial charge < -0.3 is 15.4 Å². The zero-order valence-electron chi connectivity index (χ0n) is 12.1. The fourth-order valence-corrected chi connectivity index (χ4v) is 2.31. The third kappa shape index (κ3) is 2.76. The number of hydrogen-bond acceptors (Lipinski definition) is 3. The highest BCUT2D eigenvalue weighted by atomic mass is 16.5. The van der Waals surface area contributed by atoms with Gasteiger partial charge in [-0.05, 0) is 31.0 Å². The Hall–Kier alpha value is -2.04. The molecule has 0 saturated carbocycles. The van der Waals surface area contributed by atoms with Crippen LogP contribution in [0, 0.1) is 0 Å². The van der Waals surface area contributed by atoms with Crippen LogP contribution in [0.3, 0.4) is 0 Å². The normalized spacial score (nSPS) is 16.2. The molecule has 1 unspecified atom stereocenters. The number of carbonyl (C=O) groups excluding carboxylic acids is 2. The van der Waals surface area contributed by atoms with Gasteiger partial charge in [0.05, 0.1) is 5.56 Å². The van der Waals surface area contributed by atoms with E-state index in [9.17, 15) is 9.59 Å². The number of hydrogen-bond donors (Lipinski definition) is 2. The van der Waals surface area contributed by atoms with E-state index >= 15 is 0 Å². The molecule has 1 aromatic carbocycles. The van der Waals surface area contributed by atoms with Gasteiger partial charge in [0, 0.05) is 25.6 Å². The van der Waals surface area contributed by atoms with Gasteiger partial charge in [0.25, 0.3) is 11.8 Å². The molecule has 0 saturated heterocycles. The Kier molecular flexibility index (Phi) is 4.27. The van der Waals surface area contributed by atoms with Gasteiger partial charge >= 0.3 is 0 Å². The summed E-state index contributed by atoms with van der Waals surface area (Å²) < 4.78 is 5.68. The van der Waals surface area contributed by atoms with E-state index in [2.05, 4.69) is 10.6 Å². The minimum Gasteiger partial charge on any atom is -0.489 e. The molecular formula is C15H20N2O3. The standard InChI is InChI=1S/C15H20N2O3/c1-4-5-17-14(18)11-7-10-6-9(2)20-13(10)12(8-11)15(19)16-3/h7-9H,4-6H2,1-3H3,(H,16,19)(H,17,18). The first-order valence-corrected chi connectivity index (χ1v) is 6.90. The van der Waals surface area contributed by atoms with Gasteiger partial charge in [-0.3, -0.25) is 9.59 Å². The van der Waals surface area contributed by atoms with Gasteiger partial charge in [0.15, 0.2) is 0 Å². The smallest absolute Gasteiger partial charge is 0.254 e. The maximum atomic E-state index is 12.1. The lowest BCUT2D eigenvalue weighted by molar-refractivity contribution is 0.0953. The van der Waals surface area contributed by atoms with Crippen molar-refractivity contribution in [2.45, 2.75) is 32.8 Å².